The van der Waals surface area contributed by atoms with Gasteiger partial charge in [0.1, 0.15) is 5.82 Å². The maximum atomic E-state index is 11.2. The molecular formula is C14H22N2O3. The maximum absolute atomic E-state index is 11.2. The fourth-order valence-electron chi connectivity index (χ4n) is 1.72. The number of rotatable bonds is 6. The van der Waals surface area contributed by atoms with E-state index in [9.17, 15) is 4.79 Å². The number of aromatic nitrogens is 1. The molecule has 1 heterocycles. The molecule has 106 valence electrons. The van der Waals surface area contributed by atoms with Crippen LogP contribution >= 0.6 is 0 Å². The molecule has 1 atom stereocenters. The Bertz CT molecular complexity index is 446. The zero-order valence-corrected chi connectivity index (χ0v) is 12.2. The number of aromatic carboxylic acids is 1. The van der Waals surface area contributed by atoms with E-state index in [0.29, 0.717) is 12.4 Å². The first-order valence-electron chi connectivity index (χ1n) is 6.33. The second kappa shape index (κ2) is 6.52. The number of carboxylic acid groups (broad SMARTS) is 1. The fourth-order valence-corrected chi connectivity index (χ4v) is 1.72. The first kappa shape index (κ1) is 15.4. The van der Waals surface area contributed by atoms with E-state index < -0.39 is 5.97 Å². The standard InChI is InChI=1S/C14H22N2O3/c1-9(2)12-6-11(14(17)18)7-13(15-12)16(4)10(3)8-19-5/h6-7,9-10H,8H2,1-5H3,(H,17,18). The maximum Gasteiger partial charge on any atom is 0.335 e. The van der Waals surface area contributed by atoms with Gasteiger partial charge in [0, 0.05) is 19.9 Å². The number of carbonyl (C=O) groups is 1. The van der Waals surface area contributed by atoms with Gasteiger partial charge in [-0.1, -0.05) is 13.8 Å². The van der Waals surface area contributed by atoms with Crippen LogP contribution in [0, 0.1) is 0 Å². The number of ether oxygens (including phenoxy) is 1. The molecule has 0 saturated heterocycles. The van der Waals surface area contributed by atoms with Crippen LogP contribution in [0.5, 0.6) is 0 Å². The molecule has 5 heteroatoms. The molecule has 0 saturated carbocycles. The molecular weight excluding hydrogens is 244 g/mol. The van der Waals surface area contributed by atoms with Crippen molar-refractivity contribution >= 4 is 11.8 Å². The number of hydrogen-bond acceptors (Lipinski definition) is 4. The summed E-state index contributed by atoms with van der Waals surface area (Å²) in [5.74, 6) is -0.0873. The number of likely N-dealkylation sites (N-methyl/N-ethyl adjacent to an activating group) is 1. The molecule has 0 fully saturated rings. The number of methoxy groups -OCH3 is 1. The Hall–Kier alpha value is -1.62. The summed E-state index contributed by atoms with van der Waals surface area (Å²) in [6.07, 6.45) is 0. The third-order valence-corrected chi connectivity index (χ3v) is 3.10. The summed E-state index contributed by atoms with van der Waals surface area (Å²) in [5, 5.41) is 9.17. The van der Waals surface area contributed by atoms with Crippen molar-refractivity contribution in [2.45, 2.75) is 32.7 Å². The Kier molecular flexibility index (Phi) is 5.30. The van der Waals surface area contributed by atoms with Gasteiger partial charge in [0.25, 0.3) is 0 Å². The second-order valence-electron chi connectivity index (χ2n) is 5.01. The van der Waals surface area contributed by atoms with Crippen molar-refractivity contribution in [1.29, 1.82) is 0 Å². The molecule has 1 aromatic heterocycles. The molecule has 19 heavy (non-hydrogen) atoms. The smallest absolute Gasteiger partial charge is 0.335 e. The number of pyridine rings is 1. The Morgan fingerprint density at radius 3 is 2.53 bits per heavy atom. The van der Waals surface area contributed by atoms with E-state index in [-0.39, 0.29) is 17.5 Å². The van der Waals surface area contributed by atoms with Gasteiger partial charge in [-0.3, -0.25) is 0 Å². The fraction of sp³-hybridized carbons (Fsp3) is 0.571. The third kappa shape index (κ3) is 3.92. The Balaban J connectivity index is 3.15. The van der Waals surface area contributed by atoms with Crippen LogP contribution in [0.25, 0.3) is 0 Å². The van der Waals surface area contributed by atoms with E-state index >= 15 is 0 Å². The van der Waals surface area contributed by atoms with Crippen LogP contribution in [-0.4, -0.2) is 42.9 Å². The molecule has 1 aromatic rings. The van der Waals surface area contributed by atoms with Crippen molar-refractivity contribution in [2.24, 2.45) is 0 Å². The lowest BCUT2D eigenvalue weighted by atomic mass is 10.1. The molecule has 0 aromatic carbocycles. The van der Waals surface area contributed by atoms with Crippen molar-refractivity contribution in [1.82, 2.24) is 4.98 Å². The molecule has 0 amide bonds. The van der Waals surface area contributed by atoms with Crippen LogP contribution in [0.4, 0.5) is 5.82 Å². The van der Waals surface area contributed by atoms with E-state index in [4.69, 9.17) is 9.84 Å². The number of hydrogen-bond donors (Lipinski definition) is 1. The molecule has 5 nitrogen and oxygen atoms in total. The number of anilines is 1. The van der Waals surface area contributed by atoms with E-state index in [2.05, 4.69) is 4.98 Å². The number of nitrogens with zero attached hydrogens (tertiary/aromatic N) is 2. The summed E-state index contributed by atoms with van der Waals surface area (Å²) in [5.41, 5.74) is 1.05. The van der Waals surface area contributed by atoms with Crippen molar-refractivity contribution in [3.63, 3.8) is 0 Å². The molecule has 0 spiro atoms. The molecule has 1 unspecified atom stereocenters. The van der Waals surface area contributed by atoms with Crippen molar-refractivity contribution in [3.05, 3.63) is 23.4 Å². The van der Waals surface area contributed by atoms with Gasteiger partial charge >= 0.3 is 5.97 Å². The van der Waals surface area contributed by atoms with Crippen LogP contribution < -0.4 is 4.90 Å². The van der Waals surface area contributed by atoms with Crippen LogP contribution in [0.3, 0.4) is 0 Å². The van der Waals surface area contributed by atoms with Crippen LogP contribution in [-0.2, 0) is 4.74 Å². The van der Waals surface area contributed by atoms with E-state index in [1.165, 1.54) is 0 Å². The normalized spacial score (nSPS) is 12.5. The monoisotopic (exact) mass is 266 g/mol. The highest BCUT2D eigenvalue weighted by Gasteiger charge is 2.16. The van der Waals surface area contributed by atoms with Gasteiger partial charge < -0.3 is 14.7 Å². The highest BCUT2D eigenvalue weighted by atomic mass is 16.5. The molecule has 1 N–H and O–H groups in total. The predicted molar refractivity (Wildman–Crippen MR) is 75.0 cm³/mol. The Morgan fingerprint density at radius 1 is 1.42 bits per heavy atom. The van der Waals surface area contributed by atoms with E-state index in [1.807, 2.05) is 32.7 Å². The van der Waals surface area contributed by atoms with Gasteiger partial charge in [0.05, 0.1) is 18.2 Å². The van der Waals surface area contributed by atoms with Crippen LogP contribution in [0.2, 0.25) is 0 Å². The Morgan fingerprint density at radius 2 is 2.05 bits per heavy atom. The largest absolute Gasteiger partial charge is 0.478 e. The first-order valence-corrected chi connectivity index (χ1v) is 6.33. The average Bonchev–Trinajstić information content (AvgIpc) is 2.37. The summed E-state index contributed by atoms with van der Waals surface area (Å²) in [7, 11) is 3.53. The lowest BCUT2D eigenvalue weighted by molar-refractivity contribution is 0.0696. The van der Waals surface area contributed by atoms with E-state index in [0.717, 1.165) is 5.69 Å². The third-order valence-electron chi connectivity index (χ3n) is 3.10. The quantitative estimate of drug-likeness (QED) is 0.856. The van der Waals surface area contributed by atoms with Crippen molar-refractivity contribution in [2.75, 3.05) is 25.7 Å². The van der Waals surface area contributed by atoms with Gasteiger partial charge in [-0.25, -0.2) is 9.78 Å². The number of carboxylic acids is 1. The lowest BCUT2D eigenvalue weighted by Crippen LogP contribution is -2.33. The lowest BCUT2D eigenvalue weighted by Gasteiger charge is -2.26. The molecule has 0 aliphatic carbocycles. The predicted octanol–water partition coefficient (Wildman–Crippen LogP) is 2.37. The molecule has 0 bridgehead atoms. The summed E-state index contributed by atoms with van der Waals surface area (Å²) >= 11 is 0. The zero-order chi connectivity index (χ0) is 14.6. The summed E-state index contributed by atoms with van der Waals surface area (Å²) in [6, 6.07) is 3.35. The SMILES string of the molecule is COCC(C)N(C)c1cc(C(=O)O)cc(C(C)C)n1. The highest BCUT2D eigenvalue weighted by molar-refractivity contribution is 5.88. The highest BCUT2D eigenvalue weighted by Crippen LogP contribution is 2.21. The summed E-state index contributed by atoms with van der Waals surface area (Å²) < 4.78 is 5.12. The van der Waals surface area contributed by atoms with Gasteiger partial charge in [-0.2, -0.15) is 0 Å². The minimum atomic E-state index is -0.932. The molecule has 1 rings (SSSR count). The zero-order valence-electron chi connectivity index (χ0n) is 12.2. The van der Waals surface area contributed by atoms with Crippen LogP contribution in [0.15, 0.2) is 12.1 Å². The minimum absolute atomic E-state index is 0.126. The molecule has 0 aliphatic heterocycles. The summed E-state index contributed by atoms with van der Waals surface area (Å²) in [6.45, 7) is 6.56. The van der Waals surface area contributed by atoms with E-state index in [1.54, 1.807) is 19.2 Å². The van der Waals surface area contributed by atoms with Gasteiger partial charge in [-0.15, -0.1) is 0 Å². The minimum Gasteiger partial charge on any atom is -0.478 e. The molecule has 0 aliphatic rings. The van der Waals surface area contributed by atoms with Gasteiger partial charge in [0.2, 0.25) is 0 Å². The van der Waals surface area contributed by atoms with Crippen molar-refractivity contribution < 1.29 is 14.6 Å². The Labute approximate surface area is 114 Å². The topological polar surface area (TPSA) is 62.7 Å². The molecule has 0 radical (unpaired) electrons. The van der Waals surface area contributed by atoms with Gasteiger partial charge in [0.15, 0.2) is 0 Å². The van der Waals surface area contributed by atoms with Gasteiger partial charge in [-0.05, 0) is 25.0 Å². The average molecular weight is 266 g/mol. The summed E-state index contributed by atoms with van der Waals surface area (Å²) in [4.78, 5) is 17.6. The van der Waals surface area contributed by atoms with Crippen molar-refractivity contribution in [3.8, 4) is 0 Å². The first-order chi connectivity index (χ1) is 8.86. The second-order valence-corrected chi connectivity index (χ2v) is 5.01. The van der Waals surface area contributed by atoms with Crippen LogP contribution in [0.1, 0.15) is 42.7 Å².